The van der Waals surface area contributed by atoms with Crippen molar-refractivity contribution in [1.29, 1.82) is 0 Å². The Morgan fingerprint density at radius 2 is 1.79 bits per heavy atom. The van der Waals surface area contributed by atoms with Gasteiger partial charge in [-0.25, -0.2) is 0 Å². The number of amides is 2. The second-order valence-electron chi connectivity index (χ2n) is 6.42. The smallest absolute Gasteiger partial charge is 0.246 e. The maximum Gasteiger partial charge on any atom is 0.246 e. The first-order valence-electron chi connectivity index (χ1n) is 8.83. The number of hydrogen-bond donors (Lipinski definition) is 2. The normalized spacial score (nSPS) is 10.4. The molecule has 0 fully saturated rings. The van der Waals surface area contributed by atoms with Crippen LogP contribution in [-0.2, 0) is 22.6 Å². The van der Waals surface area contributed by atoms with Gasteiger partial charge in [-0.3, -0.25) is 14.3 Å². The van der Waals surface area contributed by atoms with E-state index >= 15 is 0 Å². The molecule has 2 N–H and O–H groups in total. The number of carbonyl (C=O) groups excluding carboxylic acids is 2. The average Bonchev–Trinajstić information content (AvgIpc) is 3.08. The van der Waals surface area contributed by atoms with Crippen molar-refractivity contribution in [3.63, 3.8) is 0 Å². The molecule has 0 saturated heterocycles. The Morgan fingerprint density at radius 3 is 2.50 bits per heavy atom. The van der Waals surface area contributed by atoms with Crippen LogP contribution in [0.3, 0.4) is 0 Å². The van der Waals surface area contributed by atoms with E-state index in [9.17, 15) is 9.59 Å². The highest BCUT2D eigenvalue weighted by Crippen LogP contribution is 2.15. The fourth-order valence-corrected chi connectivity index (χ4v) is 2.75. The van der Waals surface area contributed by atoms with Gasteiger partial charge in [-0.05, 0) is 36.8 Å². The summed E-state index contributed by atoms with van der Waals surface area (Å²) in [5, 5.41) is 9.71. The third kappa shape index (κ3) is 5.44. The maximum absolute atomic E-state index is 12.2. The molecule has 0 atom stereocenters. The Hall–Kier alpha value is -3.61. The van der Waals surface area contributed by atoms with Crippen LogP contribution in [0, 0.1) is 6.92 Å². The molecule has 0 saturated carbocycles. The third-order valence-corrected chi connectivity index (χ3v) is 4.04. The lowest BCUT2D eigenvalue weighted by molar-refractivity contribution is -0.117. The van der Waals surface area contributed by atoms with Crippen molar-refractivity contribution in [2.45, 2.75) is 19.9 Å². The first-order chi connectivity index (χ1) is 13.5. The molecule has 28 heavy (non-hydrogen) atoms. The van der Waals surface area contributed by atoms with E-state index in [-0.39, 0.29) is 24.8 Å². The van der Waals surface area contributed by atoms with Crippen molar-refractivity contribution in [3.8, 4) is 5.75 Å². The molecule has 1 aromatic heterocycles. The summed E-state index contributed by atoms with van der Waals surface area (Å²) in [6.45, 7) is 2.03. The molecule has 3 aromatic rings. The first-order valence-corrected chi connectivity index (χ1v) is 8.83. The van der Waals surface area contributed by atoms with Crippen LogP contribution in [0.4, 0.5) is 11.4 Å². The summed E-state index contributed by atoms with van der Waals surface area (Å²) in [7, 11) is 1.59. The zero-order valence-corrected chi connectivity index (χ0v) is 15.8. The number of carbonyl (C=O) groups is 2. The Morgan fingerprint density at radius 1 is 1.04 bits per heavy atom. The molecule has 7 nitrogen and oxygen atoms in total. The summed E-state index contributed by atoms with van der Waals surface area (Å²) in [5.74, 6) is 0.370. The topological polar surface area (TPSA) is 85.2 Å². The molecule has 0 spiro atoms. The number of nitrogens with one attached hydrogen (secondary N) is 2. The van der Waals surface area contributed by atoms with Gasteiger partial charge in [0.25, 0.3) is 0 Å². The summed E-state index contributed by atoms with van der Waals surface area (Å²) in [6.07, 6.45) is 3.43. The molecular formula is C21H22N4O3. The average molecular weight is 378 g/mol. The van der Waals surface area contributed by atoms with Crippen LogP contribution < -0.4 is 15.4 Å². The van der Waals surface area contributed by atoms with Crippen LogP contribution in [0.25, 0.3) is 0 Å². The second-order valence-corrected chi connectivity index (χ2v) is 6.42. The van der Waals surface area contributed by atoms with Crippen molar-refractivity contribution in [1.82, 2.24) is 9.78 Å². The monoisotopic (exact) mass is 378 g/mol. The van der Waals surface area contributed by atoms with Crippen LogP contribution in [-0.4, -0.2) is 28.7 Å². The van der Waals surface area contributed by atoms with Gasteiger partial charge in [0.2, 0.25) is 11.8 Å². The summed E-state index contributed by atoms with van der Waals surface area (Å²) in [5.41, 5.74) is 3.28. The lowest BCUT2D eigenvalue weighted by Gasteiger charge is -2.06. The van der Waals surface area contributed by atoms with E-state index < -0.39 is 0 Å². The molecule has 0 unspecified atom stereocenters. The minimum atomic E-state index is -0.217. The van der Waals surface area contributed by atoms with Gasteiger partial charge in [-0.2, -0.15) is 5.10 Å². The summed E-state index contributed by atoms with van der Waals surface area (Å²) in [4.78, 5) is 24.3. The fraction of sp³-hybridized carbons (Fsp3) is 0.190. The number of nitrogens with zero attached hydrogens (tertiary/aromatic N) is 2. The largest absolute Gasteiger partial charge is 0.497 e. The van der Waals surface area contributed by atoms with E-state index in [2.05, 4.69) is 15.7 Å². The van der Waals surface area contributed by atoms with Gasteiger partial charge >= 0.3 is 0 Å². The molecule has 144 valence electrons. The van der Waals surface area contributed by atoms with E-state index in [4.69, 9.17) is 4.74 Å². The van der Waals surface area contributed by atoms with Gasteiger partial charge in [0.15, 0.2) is 0 Å². The SMILES string of the molecule is COc1ccc(NC(=O)Cn2cc(NC(=O)Cc3cccc(C)c3)cn2)cc1. The predicted octanol–water partition coefficient (Wildman–Crippen LogP) is 3.02. The third-order valence-electron chi connectivity index (χ3n) is 4.04. The maximum atomic E-state index is 12.2. The van der Waals surface area contributed by atoms with Crippen molar-refractivity contribution in [3.05, 3.63) is 72.1 Å². The number of aromatic nitrogens is 2. The number of aryl methyl sites for hydroxylation is 1. The Balaban J connectivity index is 1.51. The van der Waals surface area contributed by atoms with Crippen LogP contribution in [0.5, 0.6) is 5.75 Å². The molecule has 0 bridgehead atoms. The number of rotatable bonds is 7. The predicted molar refractivity (Wildman–Crippen MR) is 107 cm³/mol. The van der Waals surface area contributed by atoms with E-state index in [1.54, 1.807) is 37.6 Å². The highest BCUT2D eigenvalue weighted by molar-refractivity contribution is 5.92. The zero-order valence-electron chi connectivity index (χ0n) is 15.8. The van der Waals surface area contributed by atoms with Crippen LogP contribution in [0.1, 0.15) is 11.1 Å². The van der Waals surface area contributed by atoms with Crippen molar-refractivity contribution in [2.75, 3.05) is 17.7 Å². The standard InChI is InChI=1S/C21H22N4O3/c1-15-4-3-5-16(10-15)11-20(26)24-18-12-22-25(13-18)14-21(27)23-17-6-8-19(28-2)9-7-17/h3-10,12-13H,11,14H2,1-2H3,(H,23,27)(H,24,26). The highest BCUT2D eigenvalue weighted by atomic mass is 16.5. The Kier molecular flexibility index (Phi) is 6.06. The minimum Gasteiger partial charge on any atom is -0.497 e. The van der Waals surface area contributed by atoms with Crippen molar-refractivity contribution < 1.29 is 14.3 Å². The lowest BCUT2D eigenvalue weighted by atomic mass is 10.1. The van der Waals surface area contributed by atoms with Gasteiger partial charge in [-0.1, -0.05) is 29.8 Å². The van der Waals surface area contributed by atoms with E-state index in [0.29, 0.717) is 11.4 Å². The summed E-state index contributed by atoms with van der Waals surface area (Å²) in [6, 6.07) is 14.9. The number of hydrogen-bond acceptors (Lipinski definition) is 4. The molecule has 7 heteroatoms. The minimum absolute atomic E-state index is 0.0414. The molecule has 0 radical (unpaired) electrons. The zero-order chi connectivity index (χ0) is 19.9. The van der Waals surface area contributed by atoms with E-state index in [1.807, 2.05) is 31.2 Å². The van der Waals surface area contributed by atoms with Crippen LogP contribution in [0.2, 0.25) is 0 Å². The summed E-state index contributed by atoms with van der Waals surface area (Å²) < 4.78 is 6.56. The summed E-state index contributed by atoms with van der Waals surface area (Å²) >= 11 is 0. The molecule has 0 aliphatic carbocycles. The molecular weight excluding hydrogens is 356 g/mol. The molecule has 1 heterocycles. The molecule has 2 amide bonds. The quantitative estimate of drug-likeness (QED) is 0.662. The van der Waals surface area contributed by atoms with Crippen molar-refractivity contribution >= 4 is 23.2 Å². The second kappa shape index (κ2) is 8.85. The molecule has 0 aliphatic heterocycles. The van der Waals surface area contributed by atoms with Gasteiger partial charge in [0.1, 0.15) is 12.3 Å². The van der Waals surface area contributed by atoms with Gasteiger partial charge < -0.3 is 15.4 Å². The highest BCUT2D eigenvalue weighted by Gasteiger charge is 2.09. The Bertz CT molecular complexity index is 964. The van der Waals surface area contributed by atoms with Crippen LogP contribution >= 0.6 is 0 Å². The Labute approximate surface area is 163 Å². The first kappa shape index (κ1) is 19.2. The van der Waals surface area contributed by atoms with E-state index in [1.165, 1.54) is 10.9 Å². The number of ether oxygens (including phenoxy) is 1. The molecule has 0 aliphatic rings. The number of benzene rings is 2. The lowest BCUT2D eigenvalue weighted by Crippen LogP contribution is -2.19. The van der Waals surface area contributed by atoms with Crippen LogP contribution in [0.15, 0.2) is 60.9 Å². The number of anilines is 2. The van der Waals surface area contributed by atoms with Gasteiger partial charge in [0.05, 0.1) is 25.4 Å². The molecule has 3 rings (SSSR count). The van der Waals surface area contributed by atoms with Gasteiger partial charge in [0, 0.05) is 11.9 Å². The van der Waals surface area contributed by atoms with Gasteiger partial charge in [-0.15, -0.1) is 0 Å². The number of methoxy groups -OCH3 is 1. The fourth-order valence-electron chi connectivity index (χ4n) is 2.75. The van der Waals surface area contributed by atoms with E-state index in [0.717, 1.165) is 16.9 Å². The van der Waals surface area contributed by atoms with Crippen molar-refractivity contribution in [2.24, 2.45) is 0 Å². The molecule has 2 aromatic carbocycles.